The number of aromatic nitrogens is 2. The first-order valence-corrected chi connectivity index (χ1v) is 9.18. The van der Waals surface area contributed by atoms with Crippen molar-refractivity contribution in [3.63, 3.8) is 0 Å². The van der Waals surface area contributed by atoms with Crippen LogP contribution in [0.5, 0.6) is 0 Å². The van der Waals surface area contributed by atoms with Gasteiger partial charge >= 0.3 is 0 Å². The van der Waals surface area contributed by atoms with Crippen molar-refractivity contribution in [2.75, 3.05) is 11.4 Å². The lowest BCUT2D eigenvalue weighted by molar-refractivity contribution is 0.0979. The number of nitrogens with zero attached hydrogens (tertiary/aromatic N) is 3. The van der Waals surface area contributed by atoms with Gasteiger partial charge in [-0.05, 0) is 30.2 Å². The molecule has 5 heteroatoms. The van der Waals surface area contributed by atoms with Gasteiger partial charge in [0, 0.05) is 18.3 Å². The van der Waals surface area contributed by atoms with E-state index in [-0.39, 0.29) is 17.2 Å². The Bertz CT molecular complexity index is 937. The van der Waals surface area contributed by atoms with Crippen LogP contribution < -0.4 is 10.5 Å². The van der Waals surface area contributed by atoms with E-state index in [0.29, 0.717) is 13.1 Å². The zero-order chi connectivity index (χ0) is 19.1. The molecule has 3 rings (SSSR count). The van der Waals surface area contributed by atoms with Gasteiger partial charge in [-0.2, -0.15) is 5.10 Å². The summed E-state index contributed by atoms with van der Waals surface area (Å²) in [6.07, 6.45) is 1.88. The van der Waals surface area contributed by atoms with Crippen LogP contribution in [0, 0.1) is 0 Å². The molecule has 3 aromatic rings. The Kier molecular flexibility index (Phi) is 6.15. The number of carbonyl (C=O) groups is 1. The lowest BCUT2D eigenvalue weighted by Crippen LogP contribution is -2.34. The van der Waals surface area contributed by atoms with Gasteiger partial charge in [-0.25, -0.2) is 4.68 Å². The van der Waals surface area contributed by atoms with Crippen molar-refractivity contribution in [1.82, 2.24) is 9.78 Å². The van der Waals surface area contributed by atoms with E-state index in [4.69, 9.17) is 0 Å². The fraction of sp³-hybridized carbons (Fsp3) is 0.227. The smallest absolute Gasteiger partial charge is 0.278 e. The van der Waals surface area contributed by atoms with Crippen LogP contribution in [0.1, 0.15) is 35.8 Å². The number of hydrogen-bond acceptors (Lipinski definition) is 3. The molecule has 27 heavy (non-hydrogen) atoms. The summed E-state index contributed by atoms with van der Waals surface area (Å²) in [6, 6.07) is 22.1. The minimum Gasteiger partial charge on any atom is -0.307 e. The standard InChI is InChI=1S/C22H23N3O2/c1-2-3-16-24(19-12-8-5-9-13-19)22(27)20-14-15-21(26)25(23-20)17-18-10-6-4-7-11-18/h4-15H,2-3,16-17H2,1H3. The molecule has 1 heterocycles. The second kappa shape index (κ2) is 8.94. The van der Waals surface area contributed by atoms with Crippen molar-refractivity contribution in [3.05, 3.63) is 94.4 Å². The highest BCUT2D eigenvalue weighted by Crippen LogP contribution is 2.17. The summed E-state index contributed by atoms with van der Waals surface area (Å²) in [5.74, 6) is -0.198. The first kappa shape index (κ1) is 18.6. The summed E-state index contributed by atoms with van der Waals surface area (Å²) < 4.78 is 1.34. The maximum atomic E-state index is 13.1. The summed E-state index contributed by atoms with van der Waals surface area (Å²) in [5, 5.41) is 4.33. The van der Waals surface area contributed by atoms with Crippen molar-refractivity contribution >= 4 is 11.6 Å². The molecular weight excluding hydrogens is 338 g/mol. The topological polar surface area (TPSA) is 55.2 Å². The third-order valence-electron chi connectivity index (χ3n) is 4.31. The Morgan fingerprint density at radius 3 is 2.30 bits per heavy atom. The number of amides is 1. The molecule has 2 aromatic carbocycles. The van der Waals surface area contributed by atoms with Crippen molar-refractivity contribution in [2.45, 2.75) is 26.3 Å². The van der Waals surface area contributed by atoms with Gasteiger partial charge in [0.05, 0.1) is 6.54 Å². The Hall–Kier alpha value is -3.21. The zero-order valence-electron chi connectivity index (χ0n) is 15.4. The van der Waals surface area contributed by atoms with Crippen molar-refractivity contribution < 1.29 is 4.79 Å². The average Bonchev–Trinajstić information content (AvgIpc) is 2.71. The van der Waals surface area contributed by atoms with Crippen molar-refractivity contribution in [1.29, 1.82) is 0 Å². The number of unbranched alkanes of at least 4 members (excludes halogenated alkanes) is 1. The Morgan fingerprint density at radius 2 is 1.63 bits per heavy atom. The largest absolute Gasteiger partial charge is 0.307 e. The molecule has 1 aromatic heterocycles. The van der Waals surface area contributed by atoms with Gasteiger partial charge < -0.3 is 4.90 Å². The molecule has 0 unspecified atom stereocenters. The molecule has 0 atom stereocenters. The van der Waals surface area contributed by atoms with Crippen molar-refractivity contribution in [2.24, 2.45) is 0 Å². The number of benzene rings is 2. The van der Waals surface area contributed by atoms with E-state index in [1.165, 1.54) is 16.8 Å². The number of anilines is 1. The number of hydrogen-bond donors (Lipinski definition) is 0. The van der Waals surface area contributed by atoms with E-state index in [0.717, 1.165) is 24.1 Å². The molecule has 1 amide bonds. The fourth-order valence-corrected chi connectivity index (χ4v) is 2.84. The minimum absolute atomic E-state index is 0.198. The fourth-order valence-electron chi connectivity index (χ4n) is 2.84. The van der Waals surface area contributed by atoms with E-state index in [9.17, 15) is 9.59 Å². The van der Waals surface area contributed by atoms with Gasteiger partial charge in [0.25, 0.3) is 11.5 Å². The van der Waals surface area contributed by atoms with Crippen LogP contribution in [-0.2, 0) is 6.54 Å². The Morgan fingerprint density at radius 1 is 0.963 bits per heavy atom. The first-order chi connectivity index (χ1) is 13.2. The van der Waals surface area contributed by atoms with Gasteiger partial charge in [0.15, 0.2) is 0 Å². The molecule has 138 valence electrons. The highest BCUT2D eigenvalue weighted by molar-refractivity contribution is 6.04. The average molecular weight is 361 g/mol. The van der Waals surface area contributed by atoms with Gasteiger partial charge in [-0.15, -0.1) is 0 Å². The molecule has 0 radical (unpaired) electrons. The molecule has 0 aliphatic carbocycles. The third kappa shape index (κ3) is 4.70. The highest BCUT2D eigenvalue weighted by atomic mass is 16.2. The number of rotatable bonds is 7. The minimum atomic E-state index is -0.227. The molecule has 5 nitrogen and oxygen atoms in total. The molecule has 0 spiro atoms. The van der Waals surface area contributed by atoms with E-state index in [1.807, 2.05) is 60.7 Å². The van der Waals surface area contributed by atoms with E-state index >= 15 is 0 Å². The summed E-state index contributed by atoms with van der Waals surface area (Å²) in [4.78, 5) is 27.0. The molecule has 0 saturated carbocycles. The predicted octanol–water partition coefficient (Wildman–Crippen LogP) is 3.74. The van der Waals surface area contributed by atoms with Gasteiger partial charge in [-0.1, -0.05) is 61.9 Å². The van der Waals surface area contributed by atoms with Gasteiger partial charge in [0.2, 0.25) is 0 Å². The quantitative estimate of drug-likeness (QED) is 0.644. The van der Waals surface area contributed by atoms with Crippen molar-refractivity contribution in [3.8, 4) is 0 Å². The highest BCUT2D eigenvalue weighted by Gasteiger charge is 2.19. The number of para-hydroxylation sites is 1. The second-order valence-corrected chi connectivity index (χ2v) is 6.35. The number of carbonyl (C=O) groups excluding carboxylic acids is 1. The lowest BCUT2D eigenvalue weighted by atomic mass is 10.2. The van der Waals surface area contributed by atoms with Crippen LogP contribution >= 0.6 is 0 Å². The summed E-state index contributed by atoms with van der Waals surface area (Å²) in [5.41, 5.74) is 1.84. The molecule has 0 aliphatic heterocycles. The van der Waals surface area contributed by atoms with Crippen LogP contribution in [0.4, 0.5) is 5.69 Å². The molecular formula is C22H23N3O2. The monoisotopic (exact) mass is 361 g/mol. The molecule has 0 bridgehead atoms. The second-order valence-electron chi connectivity index (χ2n) is 6.35. The van der Waals surface area contributed by atoms with E-state index in [2.05, 4.69) is 12.0 Å². The van der Waals surface area contributed by atoms with Gasteiger partial charge in [0.1, 0.15) is 5.69 Å². The maximum Gasteiger partial charge on any atom is 0.278 e. The van der Waals surface area contributed by atoms with Crippen LogP contribution in [0.3, 0.4) is 0 Å². The molecule has 0 saturated heterocycles. The Balaban J connectivity index is 1.90. The first-order valence-electron chi connectivity index (χ1n) is 9.18. The normalized spacial score (nSPS) is 10.6. The molecule has 0 fully saturated rings. The van der Waals surface area contributed by atoms with Crippen LogP contribution in [0.25, 0.3) is 0 Å². The van der Waals surface area contributed by atoms with Gasteiger partial charge in [-0.3, -0.25) is 9.59 Å². The summed E-state index contributed by atoms with van der Waals surface area (Å²) in [7, 11) is 0. The lowest BCUT2D eigenvalue weighted by Gasteiger charge is -2.22. The third-order valence-corrected chi connectivity index (χ3v) is 4.31. The van der Waals surface area contributed by atoms with E-state index in [1.54, 1.807) is 4.90 Å². The summed E-state index contributed by atoms with van der Waals surface area (Å²) >= 11 is 0. The molecule has 0 aliphatic rings. The van der Waals surface area contributed by atoms with Crippen LogP contribution in [0.15, 0.2) is 77.6 Å². The maximum absolute atomic E-state index is 13.1. The Labute approximate surface area is 158 Å². The SMILES string of the molecule is CCCCN(C(=O)c1ccc(=O)n(Cc2ccccc2)n1)c1ccccc1. The summed E-state index contributed by atoms with van der Waals surface area (Å²) in [6.45, 7) is 3.03. The van der Waals surface area contributed by atoms with E-state index < -0.39 is 0 Å². The van der Waals surface area contributed by atoms with Crippen LogP contribution in [0.2, 0.25) is 0 Å². The molecule has 0 N–H and O–H groups in total. The zero-order valence-corrected chi connectivity index (χ0v) is 15.4. The van der Waals surface area contributed by atoms with Crippen LogP contribution in [-0.4, -0.2) is 22.2 Å². The predicted molar refractivity (Wildman–Crippen MR) is 107 cm³/mol.